The quantitative estimate of drug-likeness (QED) is 0.0194. The number of fused-ring (bicyclic) bond motifs is 2. The second kappa shape index (κ2) is 37.5. The third-order valence-corrected chi connectivity index (χ3v) is 19.5. The van der Waals surface area contributed by atoms with Crippen molar-refractivity contribution in [3.8, 4) is 0 Å². The SMILES string of the molecule is CCC[C@H](NC(=O)[C@@H]1[C@H]2CCC[C@H]2CN1C(=O)[C@@H](CC(=O)[C@@H](NC(=O)c1cnc(C(=O)CCCCCCCCCNC(=O)CCOCCOCCOCCOCCNc2cccc3c2C(=O)N(C2CCC(=O)NC2=O)C3=O)cn1)C1CCCCC1)C(C)(C)C)C(=O)C(=O)NC1CC1. The van der Waals surface area contributed by atoms with E-state index in [4.69, 9.17) is 18.9 Å². The van der Waals surface area contributed by atoms with Crippen LogP contribution in [0.15, 0.2) is 30.6 Å². The molecule has 3 aliphatic heterocycles. The molecule has 0 radical (unpaired) electrons. The number of Topliss-reactive ketones (excluding diaryl/α,β-unsaturated/α-hetero) is 3. The number of nitrogens with zero attached hydrogens (tertiary/aromatic N) is 4. The highest BCUT2D eigenvalue weighted by Crippen LogP contribution is 2.45. The highest BCUT2D eigenvalue weighted by molar-refractivity contribution is 6.38. The molecule has 8 rings (SSSR count). The number of benzene rings is 1. The monoisotopic (exact) mass is 1350 g/mol. The molecule has 97 heavy (non-hydrogen) atoms. The Morgan fingerprint density at radius 1 is 0.691 bits per heavy atom. The van der Waals surface area contributed by atoms with Gasteiger partial charge in [0.15, 0.2) is 11.6 Å². The van der Waals surface area contributed by atoms with E-state index in [9.17, 15) is 57.5 Å². The summed E-state index contributed by atoms with van der Waals surface area (Å²) in [6.07, 6.45) is 18.6. The van der Waals surface area contributed by atoms with E-state index in [2.05, 4.69) is 41.9 Å². The lowest BCUT2D eigenvalue weighted by molar-refractivity contribution is -0.148. The molecular formula is C71H102N10O16. The molecule has 0 spiro atoms. The fourth-order valence-electron chi connectivity index (χ4n) is 13.9. The van der Waals surface area contributed by atoms with Crippen molar-refractivity contribution in [2.75, 3.05) is 77.8 Å². The Morgan fingerprint density at radius 2 is 1.35 bits per heavy atom. The zero-order valence-electron chi connectivity index (χ0n) is 57.2. The van der Waals surface area contributed by atoms with E-state index in [1.165, 1.54) is 18.5 Å². The normalized spacial score (nSPS) is 20.3. The molecule has 1 aromatic carbocycles. The smallest absolute Gasteiger partial charge is 0.289 e. The van der Waals surface area contributed by atoms with Crippen LogP contribution >= 0.6 is 0 Å². The Kier molecular flexibility index (Phi) is 29.1. The van der Waals surface area contributed by atoms with Gasteiger partial charge in [-0.15, -0.1) is 0 Å². The van der Waals surface area contributed by atoms with Gasteiger partial charge in [-0.25, -0.2) is 9.97 Å². The van der Waals surface area contributed by atoms with Crippen molar-refractivity contribution in [1.29, 1.82) is 0 Å². The van der Waals surface area contributed by atoms with Gasteiger partial charge in [0, 0.05) is 63.0 Å². The van der Waals surface area contributed by atoms with Gasteiger partial charge in [-0.1, -0.05) is 98.0 Å². The number of ketones is 3. The largest absolute Gasteiger partial charge is 0.382 e. The number of unbranched alkanes of at least 4 members (excludes halogenated alkanes) is 6. The summed E-state index contributed by atoms with van der Waals surface area (Å²) in [5, 5.41) is 16.9. The maximum absolute atomic E-state index is 15.0. The summed E-state index contributed by atoms with van der Waals surface area (Å²) in [5.74, 6) is -6.56. The zero-order valence-corrected chi connectivity index (χ0v) is 57.2. The number of ether oxygens (including phenoxy) is 4. The molecule has 1 aromatic heterocycles. The van der Waals surface area contributed by atoms with Gasteiger partial charge >= 0.3 is 0 Å². The van der Waals surface area contributed by atoms with Gasteiger partial charge in [0.05, 0.1) is 88.5 Å². The van der Waals surface area contributed by atoms with Gasteiger partial charge in [-0.2, -0.15) is 0 Å². The average Bonchev–Trinajstić information content (AvgIpc) is 1.62. The molecule has 2 saturated heterocycles. The van der Waals surface area contributed by atoms with Crippen molar-refractivity contribution in [2.45, 2.75) is 212 Å². The third kappa shape index (κ3) is 21.8. The van der Waals surface area contributed by atoms with Crippen LogP contribution in [-0.4, -0.2) is 193 Å². The van der Waals surface area contributed by atoms with Crippen LogP contribution in [0.5, 0.6) is 0 Å². The van der Waals surface area contributed by atoms with Gasteiger partial charge in [-0.05, 0) is 99.5 Å². The van der Waals surface area contributed by atoms with Crippen LogP contribution in [-0.2, 0) is 57.3 Å². The van der Waals surface area contributed by atoms with Crippen molar-refractivity contribution in [3.63, 3.8) is 0 Å². The van der Waals surface area contributed by atoms with Crippen LogP contribution in [0.1, 0.15) is 223 Å². The topological polar surface area (TPSA) is 346 Å². The van der Waals surface area contributed by atoms with Crippen molar-refractivity contribution in [2.24, 2.45) is 29.1 Å². The first-order chi connectivity index (χ1) is 46.7. The molecule has 26 nitrogen and oxygen atoms in total. The molecule has 1 unspecified atom stereocenters. The molecule has 2 aromatic rings. The zero-order chi connectivity index (χ0) is 69.4. The van der Waals surface area contributed by atoms with Gasteiger partial charge in [0.2, 0.25) is 35.3 Å². The predicted octanol–water partition coefficient (Wildman–Crippen LogP) is 5.93. The van der Waals surface area contributed by atoms with Crippen molar-refractivity contribution in [1.82, 2.24) is 46.4 Å². The standard InChI is InChI=1S/C71H102N10O16/c1-5-18-52(63(86)67(90)76-47-26-27-47)77-66(89)62-48-22-16-21-46(48)44-80(62)69(92)50(71(2,3)4)41-57(83)61(45-19-12-11-13-20-45)79-64(87)54-43-74-53(42-75-54)56(82)25-14-9-7-6-8-10-15-31-73-58(84)30-33-94-35-37-96-39-40-97-38-36-95-34-32-72-51-24-17-23-49-60(51)70(93)81(68(49)91)55-28-29-59(85)78-65(55)88/h17,23-24,42-43,45-48,50,52,55,61-62,72H,5-16,18-22,25-41,44H2,1-4H3,(H,73,84)(H,76,90)(H,77,89)(H,79,87)(H,78,85,88)/t46-,48-,50+,52-,55?,61-,62-/m0/s1. The minimum Gasteiger partial charge on any atom is -0.382 e. The lowest BCUT2D eigenvalue weighted by Crippen LogP contribution is -2.56. The van der Waals surface area contributed by atoms with E-state index in [1.807, 2.05) is 27.7 Å². The molecule has 0 bridgehead atoms. The van der Waals surface area contributed by atoms with E-state index in [0.29, 0.717) is 84.4 Å². The molecule has 9 amide bonds. The Balaban J connectivity index is 0.641. The highest BCUT2D eigenvalue weighted by Gasteiger charge is 2.53. The second-order valence-corrected chi connectivity index (χ2v) is 27.8. The van der Waals surface area contributed by atoms with E-state index < -0.39 is 82.6 Å². The maximum Gasteiger partial charge on any atom is 0.289 e. The fourth-order valence-corrected chi connectivity index (χ4v) is 13.9. The van der Waals surface area contributed by atoms with Crippen LogP contribution in [0.2, 0.25) is 0 Å². The molecule has 3 aliphatic carbocycles. The minimum atomic E-state index is -1.04. The summed E-state index contributed by atoms with van der Waals surface area (Å²) < 4.78 is 22.3. The van der Waals surface area contributed by atoms with Crippen LogP contribution in [0.4, 0.5) is 5.69 Å². The minimum absolute atomic E-state index is 0.0184. The lowest BCUT2D eigenvalue weighted by atomic mass is 9.74. The third-order valence-electron chi connectivity index (χ3n) is 19.5. The number of hydrogen-bond donors (Lipinski definition) is 6. The second-order valence-electron chi connectivity index (χ2n) is 27.8. The van der Waals surface area contributed by atoms with Crippen LogP contribution in [0, 0.1) is 29.1 Å². The maximum atomic E-state index is 15.0. The summed E-state index contributed by atoms with van der Waals surface area (Å²) in [6.45, 7) is 11.5. The molecule has 26 heteroatoms. The Morgan fingerprint density at radius 3 is 2.01 bits per heavy atom. The first-order valence-electron chi connectivity index (χ1n) is 35.6. The van der Waals surface area contributed by atoms with Crippen molar-refractivity contribution >= 4 is 76.2 Å². The van der Waals surface area contributed by atoms with Gasteiger partial charge in [0.1, 0.15) is 23.5 Å². The number of piperidine rings is 1. The average molecular weight is 1350 g/mol. The number of nitrogens with one attached hydrogen (secondary N) is 6. The lowest BCUT2D eigenvalue weighted by Gasteiger charge is -2.37. The number of imide groups is 2. The Labute approximate surface area is 568 Å². The molecule has 4 heterocycles. The van der Waals surface area contributed by atoms with Crippen LogP contribution in [0.25, 0.3) is 0 Å². The summed E-state index contributed by atoms with van der Waals surface area (Å²) in [4.78, 5) is 171. The molecule has 3 saturated carbocycles. The van der Waals surface area contributed by atoms with E-state index in [-0.39, 0.29) is 115 Å². The van der Waals surface area contributed by atoms with Crippen LogP contribution < -0.4 is 31.9 Å². The summed E-state index contributed by atoms with van der Waals surface area (Å²) in [5.41, 5.74) is 0.244. The molecule has 7 atom stereocenters. The predicted molar refractivity (Wildman–Crippen MR) is 356 cm³/mol. The number of amides is 9. The van der Waals surface area contributed by atoms with Gasteiger partial charge < -0.3 is 50.4 Å². The highest BCUT2D eigenvalue weighted by atomic mass is 16.6. The first-order valence-corrected chi connectivity index (χ1v) is 35.6. The van der Waals surface area contributed by atoms with Crippen molar-refractivity contribution < 1.29 is 76.5 Å². The summed E-state index contributed by atoms with van der Waals surface area (Å²) in [7, 11) is 0. The summed E-state index contributed by atoms with van der Waals surface area (Å²) >= 11 is 0. The number of aromatic nitrogens is 2. The molecular weight excluding hydrogens is 1250 g/mol. The number of hydrogen-bond acceptors (Lipinski definition) is 19. The fraction of sp³-hybridized carbons (Fsp3) is 0.690. The number of likely N-dealkylation sites (tertiary alicyclic amines) is 1. The number of carbonyl (C=O) groups is 12. The van der Waals surface area contributed by atoms with Crippen LogP contribution in [0.3, 0.4) is 0 Å². The first kappa shape index (κ1) is 75.4. The number of rotatable bonds is 42. The van der Waals surface area contributed by atoms with Crippen molar-refractivity contribution in [3.05, 3.63) is 53.1 Å². The van der Waals surface area contributed by atoms with E-state index >= 15 is 0 Å². The number of anilines is 1. The molecule has 6 N–H and O–H groups in total. The molecule has 5 fully saturated rings. The number of carbonyl (C=O) groups excluding carboxylic acids is 12. The van der Waals surface area contributed by atoms with Gasteiger partial charge in [-0.3, -0.25) is 67.8 Å². The van der Waals surface area contributed by atoms with Gasteiger partial charge in [0.25, 0.3) is 23.6 Å². The van der Waals surface area contributed by atoms with E-state index in [1.54, 1.807) is 17.0 Å². The van der Waals surface area contributed by atoms with E-state index in [0.717, 1.165) is 108 Å². The Bertz CT molecular complexity index is 3090. The Hall–Kier alpha value is -7.42. The molecule has 6 aliphatic rings. The summed E-state index contributed by atoms with van der Waals surface area (Å²) in [6, 6.07) is 1.04. The molecule has 532 valence electrons.